The second-order valence-electron chi connectivity index (χ2n) is 5.69. The van der Waals surface area contributed by atoms with E-state index in [9.17, 15) is 4.39 Å². The third kappa shape index (κ3) is 4.91. The highest BCUT2D eigenvalue weighted by Crippen LogP contribution is 2.23. The molecule has 0 aromatic heterocycles. The van der Waals surface area contributed by atoms with Crippen molar-refractivity contribution in [3.05, 3.63) is 94.3 Å². The predicted octanol–water partition coefficient (Wildman–Crippen LogP) is 6.12. The largest absolute Gasteiger partial charge is 0.488 e. The lowest BCUT2D eigenvalue weighted by Gasteiger charge is -2.09. The van der Waals surface area contributed by atoms with Crippen molar-refractivity contribution in [2.75, 3.05) is 0 Å². The topological polar surface area (TPSA) is 21.6 Å². The van der Waals surface area contributed by atoms with Gasteiger partial charge in [-0.25, -0.2) is 4.39 Å². The van der Waals surface area contributed by atoms with Crippen LogP contribution in [-0.4, -0.2) is 6.21 Å². The van der Waals surface area contributed by atoms with Crippen molar-refractivity contribution < 1.29 is 9.13 Å². The molecular weight excluding hydrogens is 337 g/mol. The van der Waals surface area contributed by atoms with Gasteiger partial charge in [0.1, 0.15) is 18.2 Å². The van der Waals surface area contributed by atoms with E-state index in [-0.39, 0.29) is 5.82 Å². The standard InChI is InChI=1S/C21H17ClFNO/c1-15-2-9-20(10-3-15)24-13-17-12-18(22)6-11-21(17)25-14-16-4-7-19(23)8-5-16/h2-13H,14H2,1H3. The van der Waals surface area contributed by atoms with E-state index in [0.717, 1.165) is 16.8 Å². The van der Waals surface area contributed by atoms with Gasteiger partial charge < -0.3 is 4.74 Å². The number of hydrogen-bond acceptors (Lipinski definition) is 2. The van der Waals surface area contributed by atoms with Crippen LogP contribution in [0.3, 0.4) is 0 Å². The molecule has 0 fully saturated rings. The van der Waals surface area contributed by atoms with Crippen LogP contribution >= 0.6 is 11.6 Å². The van der Waals surface area contributed by atoms with Gasteiger partial charge in [-0.1, -0.05) is 41.4 Å². The number of aliphatic imine (C=N–C) groups is 1. The van der Waals surface area contributed by atoms with E-state index in [4.69, 9.17) is 16.3 Å². The summed E-state index contributed by atoms with van der Waals surface area (Å²) in [6.07, 6.45) is 1.73. The lowest BCUT2D eigenvalue weighted by molar-refractivity contribution is 0.305. The van der Waals surface area contributed by atoms with Gasteiger partial charge in [0.15, 0.2) is 0 Å². The van der Waals surface area contributed by atoms with Crippen LogP contribution in [0, 0.1) is 12.7 Å². The molecule has 0 bridgehead atoms. The summed E-state index contributed by atoms with van der Waals surface area (Å²) in [6, 6.07) is 19.5. The molecule has 126 valence electrons. The van der Waals surface area contributed by atoms with E-state index < -0.39 is 0 Å². The average molecular weight is 354 g/mol. The van der Waals surface area contributed by atoms with Crippen molar-refractivity contribution in [1.29, 1.82) is 0 Å². The highest BCUT2D eigenvalue weighted by molar-refractivity contribution is 6.30. The van der Waals surface area contributed by atoms with Crippen LogP contribution in [0.5, 0.6) is 5.75 Å². The van der Waals surface area contributed by atoms with Gasteiger partial charge in [-0.2, -0.15) is 0 Å². The lowest BCUT2D eigenvalue weighted by Crippen LogP contribution is -1.98. The summed E-state index contributed by atoms with van der Waals surface area (Å²) in [7, 11) is 0. The molecule has 0 amide bonds. The van der Waals surface area contributed by atoms with Crippen LogP contribution in [0.4, 0.5) is 10.1 Å². The van der Waals surface area contributed by atoms with Gasteiger partial charge in [0, 0.05) is 16.8 Å². The molecule has 0 spiro atoms. The molecule has 0 saturated heterocycles. The van der Waals surface area contributed by atoms with Crippen molar-refractivity contribution in [2.24, 2.45) is 4.99 Å². The van der Waals surface area contributed by atoms with E-state index >= 15 is 0 Å². The molecule has 0 atom stereocenters. The number of hydrogen-bond donors (Lipinski definition) is 0. The van der Waals surface area contributed by atoms with Crippen LogP contribution < -0.4 is 4.74 Å². The second kappa shape index (κ2) is 7.95. The van der Waals surface area contributed by atoms with Gasteiger partial charge >= 0.3 is 0 Å². The average Bonchev–Trinajstić information content (AvgIpc) is 2.62. The number of ether oxygens (including phenoxy) is 1. The molecular formula is C21H17ClFNO. The van der Waals surface area contributed by atoms with Gasteiger partial charge in [-0.15, -0.1) is 0 Å². The summed E-state index contributed by atoms with van der Waals surface area (Å²) in [4.78, 5) is 4.47. The summed E-state index contributed by atoms with van der Waals surface area (Å²) in [5.74, 6) is 0.408. The Morgan fingerprint density at radius 3 is 2.44 bits per heavy atom. The van der Waals surface area contributed by atoms with Crippen molar-refractivity contribution in [3.63, 3.8) is 0 Å². The molecule has 0 aliphatic rings. The van der Waals surface area contributed by atoms with Crippen LogP contribution in [0.15, 0.2) is 71.7 Å². The Morgan fingerprint density at radius 1 is 1.00 bits per heavy atom. The van der Waals surface area contributed by atoms with Crippen LogP contribution in [0.1, 0.15) is 16.7 Å². The first-order valence-electron chi connectivity index (χ1n) is 7.88. The number of halogens is 2. The maximum atomic E-state index is 13.0. The molecule has 0 N–H and O–H groups in total. The van der Waals surface area contributed by atoms with E-state index in [0.29, 0.717) is 17.4 Å². The number of nitrogens with zero attached hydrogens (tertiary/aromatic N) is 1. The molecule has 0 aliphatic carbocycles. The second-order valence-corrected chi connectivity index (χ2v) is 6.13. The zero-order valence-corrected chi connectivity index (χ0v) is 14.5. The zero-order valence-electron chi connectivity index (χ0n) is 13.7. The number of aryl methyl sites for hydroxylation is 1. The fourth-order valence-electron chi connectivity index (χ4n) is 2.27. The molecule has 3 rings (SSSR count). The van der Waals surface area contributed by atoms with E-state index in [1.807, 2.05) is 37.3 Å². The third-order valence-corrected chi connectivity index (χ3v) is 3.90. The first-order chi connectivity index (χ1) is 12.1. The predicted molar refractivity (Wildman–Crippen MR) is 101 cm³/mol. The molecule has 0 aliphatic heterocycles. The monoisotopic (exact) mass is 353 g/mol. The van der Waals surface area contributed by atoms with Crippen molar-refractivity contribution in [1.82, 2.24) is 0 Å². The highest BCUT2D eigenvalue weighted by atomic mass is 35.5. The van der Waals surface area contributed by atoms with Crippen molar-refractivity contribution in [3.8, 4) is 5.75 Å². The minimum absolute atomic E-state index is 0.263. The molecule has 0 radical (unpaired) electrons. The summed E-state index contributed by atoms with van der Waals surface area (Å²) in [5, 5.41) is 0.611. The normalized spacial score (nSPS) is 11.0. The molecule has 0 heterocycles. The summed E-state index contributed by atoms with van der Waals surface area (Å²) in [5.41, 5.74) is 3.72. The Kier molecular flexibility index (Phi) is 5.46. The molecule has 2 nitrogen and oxygen atoms in total. The van der Waals surface area contributed by atoms with E-state index in [1.165, 1.54) is 17.7 Å². The Morgan fingerprint density at radius 2 is 1.72 bits per heavy atom. The smallest absolute Gasteiger partial charge is 0.128 e. The number of benzene rings is 3. The Bertz CT molecular complexity index is 873. The van der Waals surface area contributed by atoms with Crippen LogP contribution in [-0.2, 0) is 6.61 Å². The Labute approximate surface area is 151 Å². The highest BCUT2D eigenvalue weighted by Gasteiger charge is 2.04. The van der Waals surface area contributed by atoms with E-state index in [2.05, 4.69) is 4.99 Å². The van der Waals surface area contributed by atoms with Gasteiger partial charge in [0.05, 0.1) is 5.69 Å². The fraction of sp³-hybridized carbons (Fsp3) is 0.0952. The molecule has 25 heavy (non-hydrogen) atoms. The minimum Gasteiger partial charge on any atom is -0.488 e. The Hall–Kier alpha value is -2.65. The maximum Gasteiger partial charge on any atom is 0.128 e. The summed E-state index contributed by atoms with van der Waals surface area (Å²) < 4.78 is 18.8. The van der Waals surface area contributed by atoms with E-state index in [1.54, 1.807) is 30.5 Å². The molecule has 3 aromatic carbocycles. The third-order valence-electron chi connectivity index (χ3n) is 3.67. The van der Waals surface area contributed by atoms with Crippen molar-refractivity contribution in [2.45, 2.75) is 13.5 Å². The molecule has 3 aromatic rings. The Balaban J connectivity index is 1.77. The van der Waals surface area contributed by atoms with Gasteiger partial charge in [0.2, 0.25) is 0 Å². The molecule has 4 heteroatoms. The first-order valence-corrected chi connectivity index (χ1v) is 8.25. The van der Waals surface area contributed by atoms with Gasteiger partial charge in [-0.05, 0) is 55.0 Å². The van der Waals surface area contributed by atoms with Crippen LogP contribution in [0.2, 0.25) is 5.02 Å². The quantitative estimate of drug-likeness (QED) is 0.506. The fourth-order valence-corrected chi connectivity index (χ4v) is 2.45. The number of rotatable bonds is 5. The minimum atomic E-state index is -0.263. The van der Waals surface area contributed by atoms with Gasteiger partial charge in [0.25, 0.3) is 0 Å². The summed E-state index contributed by atoms with van der Waals surface area (Å²) >= 11 is 6.10. The molecule has 0 unspecified atom stereocenters. The van der Waals surface area contributed by atoms with Crippen LogP contribution in [0.25, 0.3) is 0 Å². The summed E-state index contributed by atoms with van der Waals surface area (Å²) in [6.45, 7) is 2.37. The van der Waals surface area contributed by atoms with Gasteiger partial charge in [-0.3, -0.25) is 4.99 Å². The SMILES string of the molecule is Cc1ccc(N=Cc2cc(Cl)ccc2OCc2ccc(F)cc2)cc1. The van der Waals surface area contributed by atoms with Crippen molar-refractivity contribution >= 4 is 23.5 Å². The maximum absolute atomic E-state index is 13.0. The first kappa shape index (κ1) is 17.2. The molecule has 0 saturated carbocycles. The zero-order chi connectivity index (χ0) is 17.6. The lowest BCUT2D eigenvalue weighted by atomic mass is 10.2.